The van der Waals surface area contributed by atoms with E-state index in [9.17, 15) is 0 Å². The van der Waals surface area contributed by atoms with E-state index >= 15 is 0 Å². The molecular formula is C4H12Cl2N2. The van der Waals surface area contributed by atoms with Crippen molar-refractivity contribution >= 4 is 24.8 Å². The average Bonchev–Trinajstić information content (AvgIpc) is 2.21. The molecule has 0 saturated heterocycles. The Morgan fingerprint density at radius 1 is 1.38 bits per heavy atom. The summed E-state index contributed by atoms with van der Waals surface area (Å²) in [6, 6.07) is 0.773. The molecule has 0 aliphatic heterocycles. The summed E-state index contributed by atoms with van der Waals surface area (Å²) < 4.78 is 0. The molecule has 0 amide bonds. The summed E-state index contributed by atoms with van der Waals surface area (Å²) in [5.41, 5.74) is 5.16. The van der Waals surface area contributed by atoms with E-state index in [0.29, 0.717) is 6.67 Å². The lowest BCUT2D eigenvalue weighted by atomic mass is 10.7. The lowest BCUT2D eigenvalue weighted by Crippen LogP contribution is -2.23. The first-order chi connectivity index (χ1) is 2.93. The Morgan fingerprint density at radius 2 is 1.88 bits per heavy atom. The Hall–Kier alpha value is 0.500. The predicted molar refractivity (Wildman–Crippen MR) is 39.7 cm³/mol. The summed E-state index contributed by atoms with van der Waals surface area (Å²) in [5, 5.41) is 3.10. The topological polar surface area (TPSA) is 38.0 Å². The summed E-state index contributed by atoms with van der Waals surface area (Å²) in [6.07, 6.45) is 2.66. The minimum Gasteiger partial charge on any atom is -0.318 e. The average molecular weight is 159 g/mol. The van der Waals surface area contributed by atoms with Crippen LogP contribution in [0.5, 0.6) is 0 Å². The largest absolute Gasteiger partial charge is 0.318 e. The molecule has 0 radical (unpaired) electrons. The Bertz CT molecular complexity index is 47.3. The second kappa shape index (κ2) is 5.63. The quantitative estimate of drug-likeness (QED) is 0.575. The molecule has 1 aliphatic carbocycles. The highest BCUT2D eigenvalue weighted by Gasteiger charge is 2.18. The zero-order valence-corrected chi connectivity index (χ0v) is 6.23. The zero-order valence-electron chi connectivity index (χ0n) is 4.59. The predicted octanol–water partition coefficient (Wildman–Crippen LogP) is 0.498. The van der Waals surface area contributed by atoms with Gasteiger partial charge in [0.25, 0.3) is 0 Å². The molecule has 1 fully saturated rings. The summed E-state index contributed by atoms with van der Waals surface area (Å²) in [4.78, 5) is 0. The number of nitrogens with one attached hydrogen (secondary N) is 1. The molecule has 52 valence electrons. The van der Waals surface area contributed by atoms with Gasteiger partial charge in [-0.25, -0.2) is 0 Å². The van der Waals surface area contributed by atoms with Crippen LogP contribution in [-0.4, -0.2) is 12.7 Å². The molecule has 1 rings (SSSR count). The van der Waals surface area contributed by atoms with Crippen molar-refractivity contribution in [2.45, 2.75) is 18.9 Å². The van der Waals surface area contributed by atoms with Crippen LogP contribution in [0.25, 0.3) is 0 Å². The zero-order chi connectivity index (χ0) is 4.41. The van der Waals surface area contributed by atoms with Crippen LogP contribution in [0.4, 0.5) is 0 Å². The van der Waals surface area contributed by atoms with Crippen LogP contribution in [0, 0.1) is 0 Å². The van der Waals surface area contributed by atoms with Gasteiger partial charge in [0, 0.05) is 12.7 Å². The Labute approximate surface area is 62.0 Å². The van der Waals surface area contributed by atoms with Gasteiger partial charge in [-0.2, -0.15) is 0 Å². The summed E-state index contributed by atoms with van der Waals surface area (Å²) >= 11 is 0. The van der Waals surface area contributed by atoms with Crippen molar-refractivity contribution in [3.05, 3.63) is 0 Å². The molecule has 1 saturated carbocycles. The minimum atomic E-state index is 0. The van der Waals surface area contributed by atoms with Gasteiger partial charge in [-0.05, 0) is 12.8 Å². The molecule has 0 aromatic rings. The van der Waals surface area contributed by atoms with Crippen LogP contribution in [0.1, 0.15) is 12.8 Å². The van der Waals surface area contributed by atoms with Crippen LogP contribution in [-0.2, 0) is 0 Å². The number of halogens is 2. The van der Waals surface area contributed by atoms with Gasteiger partial charge in [-0.3, -0.25) is 0 Å². The Balaban J connectivity index is 0. The van der Waals surface area contributed by atoms with Gasteiger partial charge in [0.1, 0.15) is 0 Å². The van der Waals surface area contributed by atoms with E-state index in [-0.39, 0.29) is 24.8 Å². The van der Waals surface area contributed by atoms with Crippen LogP contribution in [0.3, 0.4) is 0 Å². The number of hydrogen-bond donors (Lipinski definition) is 2. The molecule has 0 atom stereocenters. The molecule has 0 aromatic heterocycles. The van der Waals surface area contributed by atoms with E-state index in [0.717, 1.165) is 6.04 Å². The van der Waals surface area contributed by atoms with E-state index in [4.69, 9.17) is 5.73 Å². The molecule has 4 heteroatoms. The highest BCUT2D eigenvalue weighted by molar-refractivity contribution is 5.85. The van der Waals surface area contributed by atoms with Gasteiger partial charge >= 0.3 is 0 Å². The van der Waals surface area contributed by atoms with Gasteiger partial charge < -0.3 is 11.1 Å². The second-order valence-electron chi connectivity index (χ2n) is 1.68. The molecule has 0 spiro atoms. The van der Waals surface area contributed by atoms with Gasteiger partial charge in [0.2, 0.25) is 0 Å². The van der Waals surface area contributed by atoms with Crippen molar-refractivity contribution in [1.29, 1.82) is 0 Å². The summed E-state index contributed by atoms with van der Waals surface area (Å²) in [7, 11) is 0. The maximum Gasteiger partial charge on any atom is 0.0430 e. The lowest BCUT2D eigenvalue weighted by molar-refractivity contribution is 0.703. The molecule has 2 nitrogen and oxygen atoms in total. The van der Waals surface area contributed by atoms with Gasteiger partial charge in [-0.1, -0.05) is 0 Å². The van der Waals surface area contributed by atoms with Crippen LogP contribution < -0.4 is 11.1 Å². The van der Waals surface area contributed by atoms with Gasteiger partial charge in [-0.15, -0.1) is 24.8 Å². The molecule has 1 aliphatic rings. The molecule has 0 heterocycles. The minimum absolute atomic E-state index is 0. The van der Waals surface area contributed by atoms with Crippen molar-refractivity contribution in [3.63, 3.8) is 0 Å². The fraction of sp³-hybridized carbons (Fsp3) is 1.00. The molecule has 0 unspecified atom stereocenters. The van der Waals surface area contributed by atoms with Crippen molar-refractivity contribution in [3.8, 4) is 0 Å². The molecule has 8 heavy (non-hydrogen) atoms. The van der Waals surface area contributed by atoms with E-state index in [1.807, 2.05) is 0 Å². The van der Waals surface area contributed by atoms with E-state index < -0.39 is 0 Å². The van der Waals surface area contributed by atoms with Crippen LogP contribution >= 0.6 is 24.8 Å². The Morgan fingerprint density at radius 3 is 2.00 bits per heavy atom. The number of rotatable bonds is 2. The standard InChI is InChI=1S/C4H10N2.2ClH/c5-3-6-4-1-2-4;;/h4,6H,1-3,5H2;2*1H. The third kappa shape index (κ3) is 4.65. The highest BCUT2D eigenvalue weighted by atomic mass is 35.5. The third-order valence-electron chi connectivity index (χ3n) is 0.984. The Kier molecular flexibility index (Phi) is 7.97. The second-order valence-corrected chi connectivity index (χ2v) is 1.68. The highest BCUT2D eigenvalue weighted by Crippen LogP contribution is 2.17. The first-order valence-electron chi connectivity index (χ1n) is 2.37. The van der Waals surface area contributed by atoms with E-state index in [1.165, 1.54) is 12.8 Å². The lowest BCUT2D eigenvalue weighted by Gasteiger charge is -1.90. The molecule has 0 aromatic carbocycles. The van der Waals surface area contributed by atoms with Gasteiger partial charge in [0.15, 0.2) is 0 Å². The first-order valence-corrected chi connectivity index (χ1v) is 2.37. The van der Waals surface area contributed by atoms with E-state index in [2.05, 4.69) is 5.32 Å². The molecular weight excluding hydrogens is 147 g/mol. The van der Waals surface area contributed by atoms with Gasteiger partial charge in [0.05, 0.1) is 0 Å². The van der Waals surface area contributed by atoms with Crippen molar-refractivity contribution in [2.24, 2.45) is 5.73 Å². The number of hydrogen-bond acceptors (Lipinski definition) is 2. The van der Waals surface area contributed by atoms with Crippen molar-refractivity contribution < 1.29 is 0 Å². The van der Waals surface area contributed by atoms with Crippen molar-refractivity contribution in [1.82, 2.24) is 5.32 Å². The van der Waals surface area contributed by atoms with E-state index in [1.54, 1.807) is 0 Å². The monoisotopic (exact) mass is 158 g/mol. The maximum atomic E-state index is 5.16. The maximum absolute atomic E-state index is 5.16. The van der Waals surface area contributed by atoms with Crippen LogP contribution in [0.15, 0.2) is 0 Å². The summed E-state index contributed by atoms with van der Waals surface area (Å²) in [6.45, 7) is 0.644. The fourth-order valence-corrected chi connectivity index (χ4v) is 0.454. The van der Waals surface area contributed by atoms with Crippen molar-refractivity contribution in [2.75, 3.05) is 6.67 Å². The molecule has 0 bridgehead atoms. The fourth-order valence-electron chi connectivity index (χ4n) is 0.454. The third-order valence-corrected chi connectivity index (χ3v) is 0.984. The number of nitrogens with two attached hydrogens (primary N) is 1. The first kappa shape index (κ1) is 11.3. The smallest absolute Gasteiger partial charge is 0.0430 e. The molecule has 3 N–H and O–H groups in total. The summed E-state index contributed by atoms with van der Waals surface area (Å²) in [5.74, 6) is 0. The van der Waals surface area contributed by atoms with Crippen LogP contribution in [0.2, 0.25) is 0 Å². The normalized spacial score (nSPS) is 16.1. The SMILES string of the molecule is Cl.Cl.NCNC1CC1.